The van der Waals surface area contributed by atoms with Gasteiger partial charge in [0.1, 0.15) is 17.2 Å². The molecule has 0 bridgehead atoms. The summed E-state index contributed by atoms with van der Waals surface area (Å²) in [5.41, 5.74) is 1.22. The Hall–Kier alpha value is -2.17. The van der Waals surface area contributed by atoms with Crippen molar-refractivity contribution in [3.8, 4) is 11.5 Å². The van der Waals surface area contributed by atoms with E-state index in [1.54, 1.807) is 13.2 Å². The molecular formula is C18H23NO4. The Morgan fingerprint density at radius 1 is 1.17 bits per heavy atom. The Labute approximate surface area is 135 Å². The smallest absolute Gasteiger partial charge is 0.354 e. The molecule has 0 unspecified atom stereocenters. The van der Waals surface area contributed by atoms with E-state index in [0.717, 1.165) is 16.7 Å². The minimum atomic E-state index is -0.390. The van der Waals surface area contributed by atoms with Crippen LogP contribution in [0.3, 0.4) is 0 Å². The highest BCUT2D eigenvalue weighted by atomic mass is 16.5. The molecule has 1 aliphatic rings. The first kappa shape index (κ1) is 15.7. The van der Waals surface area contributed by atoms with Crippen molar-refractivity contribution in [1.82, 2.24) is 4.98 Å². The summed E-state index contributed by atoms with van der Waals surface area (Å²) in [5, 5.41) is 0.877. The van der Waals surface area contributed by atoms with E-state index in [0.29, 0.717) is 24.0 Å². The number of fused-ring (bicyclic) bond motifs is 1. The predicted octanol–water partition coefficient (Wildman–Crippen LogP) is 3.92. The summed E-state index contributed by atoms with van der Waals surface area (Å²) < 4.78 is 16.2. The second kappa shape index (κ2) is 6.94. The second-order valence-electron chi connectivity index (χ2n) is 6.08. The molecular weight excluding hydrogens is 294 g/mol. The summed E-state index contributed by atoms with van der Waals surface area (Å²) in [6, 6.07) is 5.51. The number of methoxy groups -OCH3 is 2. The monoisotopic (exact) mass is 317 g/mol. The van der Waals surface area contributed by atoms with Gasteiger partial charge in [-0.15, -0.1) is 0 Å². The van der Waals surface area contributed by atoms with Crippen molar-refractivity contribution in [2.75, 3.05) is 20.8 Å². The molecule has 5 nitrogen and oxygen atoms in total. The number of ether oxygens (including phenoxy) is 3. The Morgan fingerprint density at radius 3 is 2.65 bits per heavy atom. The lowest BCUT2D eigenvalue weighted by molar-refractivity contribution is 0.0595. The molecule has 0 spiro atoms. The number of aromatic amines is 1. The number of nitrogens with one attached hydrogen (secondary N) is 1. The van der Waals surface area contributed by atoms with Crippen molar-refractivity contribution < 1.29 is 19.0 Å². The van der Waals surface area contributed by atoms with Gasteiger partial charge >= 0.3 is 5.97 Å². The number of esters is 1. The average molecular weight is 317 g/mol. The molecule has 23 heavy (non-hydrogen) atoms. The van der Waals surface area contributed by atoms with Gasteiger partial charge in [-0.2, -0.15) is 0 Å². The van der Waals surface area contributed by atoms with Crippen LogP contribution in [0.5, 0.6) is 11.5 Å². The van der Waals surface area contributed by atoms with Gasteiger partial charge in [-0.1, -0.05) is 19.3 Å². The third kappa shape index (κ3) is 3.44. The summed E-state index contributed by atoms with van der Waals surface area (Å²) in [6.45, 7) is 0.709. The zero-order valence-corrected chi connectivity index (χ0v) is 13.7. The van der Waals surface area contributed by atoms with Gasteiger partial charge in [-0.25, -0.2) is 4.79 Å². The molecule has 0 radical (unpaired) electrons. The highest BCUT2D eigenvalue weighted by molar-refractivity contribution is 5.97. The molecule has 0 saturated heterocycles. The number of carbonyl (C=O) groups is 1. The number of hydrogen-bond donors (Lipinski definition) is 1. The highest BCUT2D eigenvalue weighted by Gasteiger charge is 2.17. The number of rotatable bonds is 5. The molecule has 5 heteroatoms. The Bertz CT molecular complexity index is 686. The van der Waals surface area contributed by atoms with Crippen LogP contribution in [-0.2, 0) is 4.74 Å². The molecule has 124 valence electrons. The van der Waals surface area contributed by atoms with Crippen molar-refractivity contribution in [1.29, 1.82) is 0 Å². The normalized spacial score (nSPS) is 15.6. The molecule has 1 heterocycles. The molecule has 0 amide bonds. The lowest BCUT2D eigenvalue weighted by atomic mass is 9.90. The van der Waals surface area contributed by atoms with Gasteiger partial charge in [0.15, 0.2) is 0 Å². The molecule has 2 aromatic rings. The lowest BCUT2D eigenvalue weighted by Crippen LogP contribution is -2.15. The minimum absolute atomic E-state index is 0.390. The highest BCUT2D eigenvalue weighted by Crippen LogP contribution is 2.33. The van der Waals surface area contributed by atoms with E-state index in [2.05, 4.69) is 4.98 Å². The third-order valence-electron chi connectivity index (χ3n) is 4.51. The van der Waals surface area contributed by atoms with Gasteiger partial charge in [0.05, 0.1) is 26.3 Å². The zero-order chi connectivity index (χ0) is 16.2. The van der Waals surface area contributed by atoms with E-state index in [4.69, 9.17) is 14.2 Å². The van der Waals surface area contributed by atoms with Crippen molar-refractivity contribution in [2.45, 2.75) is 32.1 Å². The van der Waals surface area contributed by atoms with E-state index in [1.165, 1.54) is 39.2 Å². The van der Waals surface area contributed by atoms with Crippen LogP contribution in [-0.4, -0.2) is 31.8 Å². The van der Waals surface area contributed by atoms with Crippen LogP contribution in [0, 0.1) is 5.92 Å². The van der Waals surface area contributed by atoms with E-state index in [-0.39, 0.29) is 0 Å². The molecule has 1 aromatic heterocycles. The number of hydrogen-bond acceptors (Lipinski definition) is 4. The topological polar surface area (TPSA) is 60.6 Å². The molecule has 1 aliphatic carbocycles. The van der Waals surface area contributed by atoms with Crippen LogP contribution in [0.2, 0.25) is 0 Å². The van der Waals surface area contributed by atoms with Crippen LogP contribution in [0.25, 0.3) is 10.9 Å². The Kier molecular flexibility index (Phi) is 4.74. The fraction of sp³-hybridized carbons (Fsp3) is 0.500. The number of aromatic nitrogens is 1. The average Bonchev–Trinajstić information content (AvgIpc) is 3.03. The van der Waals surface area contributed by atoms with Crippen molar-refractivity contribution in [2.24, 2.45) is 5.92 Å². The fourth-order valence-corrected chi connectivity index (χ4v) is 3.20. The van der Waals surface area contributed by atoms with Gasteiger partial charge < -0.3 is 19.2 Å². The summed E-state index contributed by atoms with van der Waals surface area (Å²) in [7, 11) is 2.99. The maximum Gasteiger partial charge on any atom is 0.354 e. The van der Waals surface area contributed by atoms with Crippen LogP contribution in [0.1, 0.15) is 42.6 Å². The Balaban J connectivity index is 1.86. The Morgan fingerprint density at radius 2 is 1.96 bits per heavy atom. The second-order valence-corrected chi connectivity index (χ2v) is 6.08. The third-order valence-corrected chi connectivity index (χ3v) is 4.51. The number of benzene rings is 1. The molecule has 1 saturated carbocycles. The van der Waals surface area contributed by atoms with Crippen molar-refractivity contribution >= 4 is 16.9 Å². The molecule has 0 aliphatic heterocycles. The number of H-pyrrole nitrogens is 1. The molecule has 1 aromatic carbocycles. The predicted molar refractivity (Wildman–Crippen MR) is 88.3 cm³/mol. The minimum Gasteiger partial charge on any atom is -0.497 e. The van der Waals surface area contributed by atoms with Crippen molar-refractivity contribution in [3.63, 3.8) is 0 Å². The molecule has 1 N–H and O–H groups in total. The first-order valence-electron chi connectivity index (χ1n) is 8.13. The number of carbonyl (C=O) groups excluding carboxylic acids is 1. The van der Waals surface area contributed by atoms with Gasteiger partial charge in [0.25, 0.3) is 0 Å². The van der Waals surface area contributed by atoms with Gasteiger partial charge in [-0.05, 0) is 24.8 Å². The first-order chi connectivity index (χ1) is 11.2. The largest absolute Gasteiger partial charge is 0.497 e. The SMILES string of the molecule is COC(=O)c1cc2c(OCC3CCCCC3)cc(OC)cc2[nH]1. The van der Waals surface area contributed by atoms with Crippen LogP contribution < -0.4 is 9.47 Å². The summed E-state index contributed by atoms with van der Waals surface area (Å²) in [4.78, 5) is 14.8. The van der Waals surface area contributed by atoms with Crippen LogP contribution in [0.4, 0.5) is 0 Å². The van der Waals surface area contributed by atoms with Gasteiger partial charge in [0, 0.05) is 17.5 Å². The maximum absolute atomic E-state index is 11.7. The van der Waals surface area contributed by atoms with Crippen molar-refractivity contribution in [3.05, 3.63) is 23.9 Å². The lowest BCUT2D eigenvalue weighted by Gasteiger charge is -2.22. The molecule has 1 fully saturated rings. The van der Waals surface area contributed by atoms with E-state index in [9.17, 15) is 4.79 Å². The summed E-state index contributed by atoms with van der Waals surface area (Å²) in [6.07, 6.45) is 6.37. The molecule has 0 atom stereocenters. The summed E-state index contributed by atoms with van der Waals surface area (Å²) in [5.74, 6) is 1.67. The maximum atomic E-state index is 11.7. The first-order valence-corrected chi connectivity index (χ1v) is 8.13. The van der Waals surface area contributed by atoms with E-state index in [1.807, 2.05) is 12.1 Å². The van der Waals surface area contributed by atoms with Gasteiger partial charge in [0.2, 0.25) is 0 Å². The fourth-order valence-electron chi connectivity index (χ4n) is 3.20. The van der Waals surface area contributed by atoms with Crippen LogP contribution in [0.15, 0.2) is 18.2 Å². The van der Waals surface area contributed by atoms with E-state index < -0.39 is 5.97 Å². The standard InChI is InChI=1S/C18H23NO4/c1-21-13-8-15-14(10-16(19-15)18(20)22-2)17(9-13)23-11-12-6-4-3-5-7-12/h8-10,12,19H,3-7,11H2,1-2H3. The van der Waals surface area contributed by atoms with E-state index >= 15 is 0 Å². The van der Waals surface area contributed by atoms with Crippen LogP contribution >= 0.6 is 0 Å². The zero-order valence-electron chi connectivity index (χ0n) is 13.7. The summed E-state index contributed by atoms with van der Waals surface area (Å²) >= 11 is 0. The molecule has 3 rings (SSSR count). The quantitative estimate of drug-likeness (QED) is 0.849. The van der Waals surface area contributed by atoms with Gasteiger partial charge in [-0.3, -0.25) is 0 Å².